The van der Waals surface area contributed by atoms with Crippen molar-refractivity contribution in [2.24, 2.45) is 5.92 Å². The summed E-state index contributed by atoms with van der Waals surface area (Å²) in [4.78, 5) is 10.9. The molecule has 0 aliphatic carbocycles. The molecule has 0 aromatic carbocycles. The SMILES string of the molecule is CCc1nccn1CC1CN(c2ncc(Br)cc2C#N)C1. The van der Waals surface area contributed by atoms with Crippen molar-refractivity contribution in [1.82, 2.24) is 14.5 Å². The Morgan fingerprint density at radius 3 is 2.95 bits per heavy atom. The van der Waals surface area contributed by atoms with E-state index in [1.807, 2.05) is 18.5 Å². The maximum atomic E-state index is 9.20. The highest BCUT2D eigenvalue weighted by molar-refractivity contribution is 9.10. The summed E-state index contributed by atoms with van der Waals surface area (Å²) in [6.45, 7) is 4.98. The molecule has 0 N–H and O–H groups in total. The summed E-state index contributed by atoms with van der Waals surface area (Å²) in [5.41, 5.74) is 0.625. The lowest BCUT2D eigenvalue weighted by Crippen LogP contribution is -2.49. The highest BCUT2D eigenvalue weighted by Gasteiger charge is 2.30. The number of nitriles is 1. The van der Waals surface area contributed by atoms with Gasteiger partial charge in [-0.3, -0.25) is 0 Å². The first kappa shape index (κ1) is 14.1. The molecule has 3 rings (SSSR count). The van der Waals surface area contributed by atoms with Gasteiger partial charge in [-0.15, -0.1) is 0 Å². The van der Waals surface area contributed by atoms with Gasteiger partial charge >= 0.3 is 0 Å². The maximum absolute atomic E-state index is 9.20. The molecule has 1 aliphatic heterocycles. The Bertz CT molecular complexity index is 682. The second-order valence-electron chi connectivity index (χ2n) is 5.26. The van der Waals surface area contributed by atoms with Crippen LogP contribution in [0.2, 0.25) is 0 Å². The minimum atomic E-state index is 0.585. The summed E-state index contributed by atoms with van der Waals surface area (Å²) in [5.74, 6) is 2.51. The van der Waals surface area contributed by atoms with Crippen LogP contribution in [-0.2, 0) is 13.0 Å². The molecule has 6 heteroatoms. The molecule has 1 aliphatic rings. The summed E-state index contributed by atoms with van der Waals surface area (Å²) in [6.07, 6.45) is 6.60. The van der Waals surface area contributed by atoms with Crippen molar-refractivity contribution in [2.75, 3.05) is 18.0 Å². The number of nitrogens with zero attached hydrogens (tertiary/aromatic N) is 5. The summed E-state index contributed by atoms with van der Waals surface area (Å²) >= 11 is 3.35. The summed E-state index contributed by atoms with van der Waals surface area (Å²) in [6, 6.07) is 4.03. The van der Waals surface area contributed by atoms with Gasteiger partial charge < -0.3 is 9.47 Å². The quantitative estimate of drug-likeness (QED) is 0.854. The largest absolute Gasteiger partial charge is 0.355 e. The summed E-state index contributed by atoms with van der Waals surface area (Å²) in [7, 11) is 0. The first-order valence-electron chi connectivity index (χ1n) is 7.02. The molecule has 0 saturated carbocycles. The highest BCUT2D eigenvalue weighted by atomic mass is 79.9. The first-order chi connectivity index (χ1) is 10.2. The maximum Gasteiger partial charge on any atom is 0.146 e. The molecule has 0 amide bonds. The zero-order chi connectivity index (χ0) is 14.8. The predicted molar refractivity (Wildman–Crippen MR) is 84.0 cm³/mol. The van der Waals surface area contributed by atoms with E-state index in [0.717, 1.165) is 42.2 Å². The van der Waals surface area contributed by atoms with Crippen LogP contribution in [0.5, 0.6) is 0 Å². The standard InChI is InChI=1S/C15H16BrN5/c1-2-14-18-3-4-20(14)8-11-9-21(10-11)15-12(6-17)5-13(16)7-19-15/h3-5,7,11H,2,8-10H2,1H3. The molecule has 5 nitrogen and oxygen atoms in total. The monoisotopic (exact) mass is 345 g/mol. The Morgan fingerprint density at radius 2 is 2.24 bits per heavy atom. The second-order valence-corrected chi connectivity index (χ2v) is 6.17. The van der Waals surface area contributed by atoms with Crippen LogP contribution in [-0.4, -0.2) is 27.6 Å². The molecule has 0 unspecified atom stereocenters. The number of hydrogen-bond acceptors (Lipinski definition) is 4. The summed E-state index contributed by atoms with van der Waals surface area (Å²) < 4.78 is 3.06. The van der Waals surface area contributed by atoms with Gasteiger partial charge in [0.25, 0.3) is 0 Å². The van der Waals surface area contributed by atoms with Crippen LogP contribution in [0, 0.1) is 17.2 Å². The number of halogens is 1. The Hall–Kier alpha value is -1.87. The first-order valence-corrected chi connectivity index (χ1v) is 7.81. The molecule has 0 bridgehead atoms. The van der Waals surface area contributed by atoms with Crippen molar-refractivity contribution in [3.8, 4) is 6.07 Å². The molecule has 21 heavy (non-hydrogen) atoms. The number of aryl methyl sites for hydroxylation is 1. The van der Waals surface area contributed by atoms with Crippen molar-refractivity contribution in [1.29, 1.82) is 5.26 Å². The zero-order valence-electron chi connectivity index (χ0n) is 11.8. The topological polar surface area (TPSA) is 57.7 Å². The van der Waals surface area contributed by atoms with E-state index in [9.17, 15) is 5.26 Å². The minimum Gasteiger partial charge on any atom is -0.355 e. The normalized spacial score (nSPS) is 14.8. The third kappa shape index (κ3) is 2.79. The van der Waals surface area contributed by atoms with Gasteiger partial charge in [-0.1, -0.05) is 6.92 Å². The lowest BCUT2D eigenvalue weighted by molar-refractivity contribution is 0.351. The van der Waals surface area contributed by atoms with E-state index in [0.29, 0.717) is 11.5 Å². The van der Waals surface area contributed by atoms with Gasteiger partial charge in [0.15, 0.2) is 0 Å². The molecule has 1 saturated heterocycles. The number of imidazole rings is 1. The van der Waals surface area contributed by atoms with Crippen LogP contribution in [0.1, 0.15) is 18.3 Å². The molecular formula is C15H16BrN5. The van der Waals surface area contributed by atoms with Gasteiger partial charge in [0, 0.05) is 55.0 Å². The molecule has 3 heterocycles. The molecular weight excluding hydrogens is 330 g/mol. The van der Waals surface area contributed by atoms with Crippen molar-refractivity contribution in [3.63, 3.8) is 0 Å². The molecule has 2 aromatic heterocycles. The van der Waals surface area contributed by atoms with Crippen LogP contribution in [0.15, 0.2) is 29.1 Å². The van der Waals surface area contributed by atoms with Crippen molar-refractivity contribution < 1.29 is 0 Å². The third-order valence-electron chi connectivity index (χ3n) is 3.78. The summed E-state index contributed by atoms with van der Waals surface area (Å²) in [5, 5.41) is 9.20. The Kier molecular flexibility index (Phi) is 3.93. The fourth-order valence-corrected chi connectivity index (χ4v) is 3.05. The fourth-order valence-electron chi connectivity index (χ4n) is 2.72. The number of hydrogen-bond donors (Lipinski definition) is 0. The number of anilines is 1. The van der Waals surface area contributed by atoms with E-state index in [4.69, 9.17) is 0 Å². The molecule has 108 valence electrons. The zero-order valence-corrected chi connectivity index (χ0v) is 13.4. The number of aromatic nitrogens is 3. The van der Waals surface area contributed by atoms with E-state index < -0.39 is 0 Å². The van der Waals surface area contributed by atoms with E-state index in [1.54, 1.807) is 6.20 Å². The van der Waals surface area contributed by atoms with Crippen molar-refractivity contribution >= 4 is 21.7 Å². The number of pyridine rings is 1. The van der Waals surface area contributed by atoms with Gasteiger partial charge in [0.1, 0.15) is 17.7 Å². The van der Waals surface area contributed by atoms with E-state index in [-0.39, 0.29) is 0 Å². The fraction of sp³-hybridized carbons (Fsp3) is 0.400. The lowest BCUT2D eigenvalue weighted by atomic mass is 9.99. The molecule has 2 aromatic rings. The van der Waals surface area contributed by atoms with Gasteiger partial charge in [-0.05, 0) is 22.0 Å². The second kappa shape index (κ2) is 5.86. The molecule has 1 fully saturated rings. The third-order valence-corrected chi connectivity index (χ3v) is 4.22. The van der Waals surface area contributed by atoms with Crippen LogP contribution in [0.3, 0.4) is 0 Å². The Labute approximate surface area is 132 Å². The molecule has 0 atom stereocenters. The van der Waals surface area contributed by atoms with Gasteiger partial charge in [-0.2, -0.15) is 5.26 Å². The van der Waals surface area contributed by atoms with Crippen LogP contribution < -0.4 is 4.90 Å². The van der Waals surface area contributed by atoms with Crippen molar-refractivity contribution in [2.45, 2.75) is 19.9 Å². The van der Waals surface area contributed by atoms with E-state index in [1.165, 1.54) is 0 Å². The van der Waals surface area contributed by atoms with Crippen LogP contribution >= 0.6 is 15.9 Å². The average molecular weight is 346 g/mol. The smallest absolute Gasteiger partial charge is 0.146 e. The van der Waals surface area contributed by atoms with Gasteiger partial charge in [0.2, 0.25) is 0 Å². The Balaban J connectivity index is 1.65. The van der Waals surface area contributed by atoms with Crippen molar-refractivity contribution in [3.05, 3.63) is 40.5 Å². The number of rotatable bonds is 4. The molecule has 0 radical (unpaired) electrons. The van der Waals surface area contributed by atoms with Crippen LogP contribution in [0.25, 0.3) is 0 Å². The van der Waals surface area contributed by atoms with Crippen LogP contribution in [0.4, 0.5) is 5.82 Å². The van der Waals surface area contributed by atoms with E-state index in [2.05, 4.69) is 48.4 Å². The minimum absolute atomic E-state index is 0.585. The Morgan fingerprint density at radius 1 is 1.43 bits per heavy atom. The lowest BCUT2D eigenvalue weighted by Gasteiger charge is -2.40. The predicted octanol–water partition coefficient (Wildman–Crippen LogP) is 2.61. The van der Waals surface area contributed by atoms with E-state index >= 15 is 0 Å². The van der Waals surface area contributed by atoms with Gasteiger partial charge in [0.05, 0.1) is 5.56 Å². The average Bonchev–Trinajstić information content (AvgIpc) is 2.90. The molecule has 0 spiro atoms. The highest BCUT2D eigenvalue weighted by Crippen LogP contribution is 2.28. The van der Waals surface area contributed by atoms with Gasteiger partial charge in [-0.25, -0.2) is 9.97 Å².